The Morgan fingerprint density at radius 1 is 1.33 bits per heavy atom. The van der Waals surface area contributed by atoms with Crippen LogP contribution in [0.5, 0.6) is 0 Å². The summed E-state index contributed by atoms with van der Waals surface area (Å²) in [5.41, 5.74) is 0.955. The number of hydrogen-bond acceptors (Lipinski definition) is 4. The maximum absolute atomic E-state index is 12.1. The topological polar surface area (TPSA) is 99.5 Å². The Bertz CT molecular complexity index is 690. The molecule has 0 bridgehead atoms. The third-order valence-electron chi connectivity index (χ3n) is 2.92. The Hall–Kier alpha value is -2.18. The van der Waals surface area contributed by atoms with Gasteiger partial charge in [-0.15, -0.1) is 0 Å². The van der Waals surface area contributed by atoms with Crippen molar-refractivity contribution in [3.8, 4) is 0 Å². The molecule has 21 heavy (non-hydrogen) atoms. The summed E-state index contributed by atoms with van der Waals surface area (Å²) in [6.07, 6.45) is -1.57. The highest BCUT2D eigenvalue weighted by Crippen LogP contribution is 2.20. The summed E-state index contributed by atoms with van der Waals surface area (Å²) in [6, 6.07) is 8.51. The quantitative estimate of drug-likeness (QED) is 0.726. The second-order valence-electron chi connectivity index (χ2n) is 4.41. The number of benzene rings is 1. The van der Waals surface area contributed by atoms with Gasteiger partial charge in [0.25, 0.3) is 5.91 Å². The summed E-state index contributed by atoms with van der Waals surface area (Å²) < 4.78 is 0. The number of halogens is 1. The Morgan fingerprint density at radius 3 is 2.76 bits per heavy atom. The third kappa shape index (κ3) is 3.68. The van der Waals surface area contributed by atoms with E-state index in [1.54, 1.807) is 24.3 Å². The number of nitrogens with one attached hydrogen (secondary N) is 1. The average molecular weight is 309 g/mol. The lowest BCUT2D eigenvalue weighted by Crippen LogP contribution is -2.30. The number of carbonyl (C=O) groups excluding carboxylic acids is 1. The lowest BCUT2D eigenvalue weighted by atomic mass is 10.1. The number of fused-ring (bicyclic) bond motifs is 1. The molecule has 1 aromatic carbocycles. The van der Waals surface area contributed by atoms with Gasteiger partial charge in [0, 0.05) is 18.4 Å². The Kier molecular flexibility index (Phi) is 4.72. The van der Waals surface area contributed by atoms with Crippen LogP contribution in [0.1, 0.15) is 16.8 Å². The van der Waals surface area contributed by atoms with Crippen LogP contribution >= 0.6 is 11.6 Å². The minimum Gasteiger partial charge on any atom is -0.479 e. The highest BCUT2D eigenvalue weighted by atomic mass is 35.5. The number of amides is 1. The molecule has 0 spiro atoms. The number of carboxylic acids is 1. The van der Waals surface area contributed by atoms with E-state index in [1.807, 2.05) is 0 Å². The van der Waals surface area contributed by atoms with Crippen molar-refractivity contribution in [3.63, 3.8) is 0 Å². The second-order valence-corrected chi connectivity index (χ2v) is 4.80. The van der Waals surface area contributed by atoms with Crippen molar-refractivity contribution in [1.29, 1.82) is 0 Å². The monoisotopic (exact) mass is 308 g/mol. The number of para-hydroxylation sites is 1. The summed E-state index contributed by atoms with van der Waals surface area (Å²) >= 11 is 5.89. The molecule has 1 amide bonds. The molecule has 1 atom stereocenters. The van der Waals surface area contributed by atoms with Crippen molar-refractivity contribution in [2.75, 3.05) is 6.54 Å². The van der Waals surface area contributed by atoms with Crippen molar-refractivity contribution < 1.29 is 19.8 Å². The van der Waals surface area contributed by atoms with Gasteiger partial charge in [-0.05, 0) is 12.1 Å². The van der Waals surface area contributed by atoms with Gasteiger partial charge in [0.05, 0.1) is 11.1 Å². The molecular weight excluding hydrogens is 296 g/mol. The van der Waals surface area contributed by atoms with Crippen LogP contribution in [0.2, 0.25) is 5.15 Å². The van der Waals surface area contributed by atoms with Gasteiger partial charge >= 0.3 is 5.97 Å². The molecule has 3 N–H and O–H groups in total. The summed E-state index contributed by atoms with van der Waals surface area (Å²) in [7, 11) is 0. The third-order valence-corrected chi connectivity index (χ3v) is 3.11. The Balaban J connectivity index is 2.14. The summed E-state index contributed by atoms with van der Waals surface area (Å²) in [5.74, 6) is -1.71. The van der Waals surface area contributed by atoms with Crippen molar-refractivity contribution in [3.05, 3.63) is 41.0 Å². The van der Waals surface area contributed by atoms with E-state index in [2.05, 4.69) is 10.3 Å². The van der Waals surface area contributed by atoms with Gasteiger partial charge in [-0.25, -0.2) is 9.78 Å². The molecule has 110 valence electrons. The zero-order valence-electron chi connectivity index (χ0n) is 10.9. The number of aliphatic carboxylic acids is 1. The first-order valence-electron chi connectivity index (χ1n) is 6.23. The van der Waals surface area contributed by atoms with Crippen LogP contribution in [0.25, 0.3) is 10.9 Å². The van der Waals surface area contributed by atoms with Crippen LogP contribution < -0.4 is 5.32 Å². The number of nitrogens with zero attached hydrogens (tertiary/aromatic N) is 1. The molecule has 1 aromatic heterocycles. The van der Waals surface area contributed by atoms with Gasteiger partial charge in [-0.1, -0.05) is 29.8 Å². The second kappa shape index (κ2) is 6.51. The molecule has 0 saturated heterocycles. The van der Waals surface area contributed by atoms with Crippen LogP contribution in [-0.2, 0) is 4.79 Å². The fourth-order valence-electron chi connectivity index (χ4n) is 1.87. The number of aliphatic hydroxyl groups excluding tert-OH is 1. The van der Waals surface area contributed by atoms with E-state index in [4.69, 9.17) is 21.8 Å². The van der Waals surface area contributed by atoms with E-state index in [0.717, 1.165) is 0 Å². The van der Waals surface area contributed by atoms with E-state index in [-0.39, 0.29) is 18.1 Å². The lowest BCUT2D eigenvalue weighted by molar-refractivity contribution is -0.146. The molecule has 0 aliphatic rings. The van der Waals surface area contributed by atoms with E-state index in [1.165, 1.54) is 6.07 Å². The number of carbonyl (C=O) groups is 2. The van der Waals surface area contributed by atoms with Crippen LogP contribution in [0.3, 0.4) is 0 Å². The van der Waals surface area contributed by atoms with Crippen molar-refractivity contribution >= 4 is 34.4 Å². The molecule has 0 aliphatic heterocycles. The average Bonchev–Trinajstić information content (AvgIpc) is 2.45. The normalized spacial score (nSPS) is 12.1. The molecule has 2 aromatic rings. The van der Waals surface area contributed by atoms with Crippen molar-refractivity contribution in [2.45, 2.75) is 12.5 Å². The first kappa shape index (κ1) is 15.2. The first-order valence-corrected chi connectivity index (χ1v) is 6.61. The molecule has 1 heterocycles. The molecule has 0 radical (unpaired) electrons. The summed E-state index contributed by atoms with van der Waals surface area (Å²) in [6.45, 7) is 0.0422. The van der Waals surface area contributed by atoms with Crippen LogP contribution in [0.4, 0.5) is 0 Å². The zero-order valence-corrected chi connectivity index (χ0v) is 11.7. The maximum Gasteiger partial charge on any atom is 0.332 e. The lowest BCUT2D eigenvalue weighted by Gasteiger charge is -2.09. The van der Waals surface area contributed by atoms with Gasteiger partial charge in [0.1, 0.15) is 5.15 Å². The fraction of sp³-hybridized carbons (Fsp3) is 0.214. The van der Waals surface area contributed by atoms with Crippen LogP contribution in [0, 0.1) is 0 Å². The minimum absolute atomic E-state index is 0.0422. The number of aliphatic hydroxyl groups is 1. The Morgan fingerprint density at radius 2 is 2.05 bits per heavy atom. The summed E-state index contributed by atoms with van der Waals surface area (Å²) in [5, 5.41) is 21.1. The molecule has 0 aliphatic carbocycles. The fourth-order valence-corrected chi connectivity index (χ4v) is 2.07. The van der Waals surface area contributed by atoms with Crippen LogP contribution in [-0.4, -0.2) is 39.7 Å². The number of aromatic nitrogens is 1. The van der Waals surface area contributed by atoms with Gasteiger partial charge in [-0.2, -0.15) is 0 Å². The Labute approximate surface area is 125 Å². The predicted molar refractivity (Wildman–Crippen MR) is 77.3 cm³/mol. The standard InChI is InChI=1S/C14H13ClN2O4/c15-12-7-9(8-3-1-2-4-10(8)17-12)13(19)16-6-5-11(18)14(20)21/h1-4,7,11,18H,5-6H2,(H,16,19)(H,20,21). The molecular formula is C14H13ClN2O4. The van der Waals surface area contributed by atoms with Gasteiger partial charge in [0.15, 0.2) is 6.10 Å². The SMILES string of the molecule is O=C(NCCC(O)C(=O)O)c1cc(Cl)nc2ccccc12. The predicted octanol–water partition coefficient (Wildman–Crippen LogP) is 1.45. The minimum atomic E-state index is -1.50. The van der Waals surface area contributed by atoms with Gasteiger partial charge in [0.2, 0.25) is 0 Å². The molecule has 0 fully saturated rings. The zero-order chi connectivity index (χ0) is 15.4. The van der Waals surface area contributed by atoms with Gasteiger partial charge < -0.3 is 15.5 Å². The summed E-state index contributed by atoms with van der Waals surface area (Å²) in [4.78, 5) is 26.7. The molecule has 7 heteroatoms. The van der Waals surface area contributed by atoms with E-state index in [9.17, 15) is 9.59 Å². The van der Waals surface area contributed by atoms with E-state index >= 15 is 0 Å². The number of pyridine rings is 1. The van der Waals surface area contributed by atoms with Crippen LogP contribution in [0.15, 0.2) is 30.3 Å². The molecule has 0 saturated carbocycles. The highest BCUT2D eigenvalue weighted by molar-refractivity contribution is 6.30. The van der Waals surface area contributed by atoms with Crippen molar-refractivity contribution in [1.82, 2.24) is 10.3 Å². The molecule has 1 unspecified atom stereocenters. The van der Waals surface area contributed by atoms with Gasteiger partial charge in [-0.3, -0.25) is 4.79 Å². The number of hydrogen-bond donors (Lipinski definition) is 3. The first-order chi connectivity index (χ1) is 9.99. The number of carboxylic acid groups (broad SMARTS) is 1. The molecule has 2 rings (SSSR count). The highest BCUT2D eigenvalue weighted by Gasteiger charge is 2.15. The molecule has 6 nitrogen and oxygen atoms in total. The maximum atomic E-state index is 12.1. The number of rotatable bonds is 5. The van der Waals surface area contributed by atoms with E-state index < -0.39 is 18.0 Å². The van der Waals surface area contributed by atoms with E-state index in [0.29, 0.717) is 16.5 Å². The van der Waals surface area contributed by atoms with Crippen molar-refractivity contribution in [2.24, 2.45) is 0 Å². The largest absolute Gasteiger partial charge is 0.479 e. The smallest absolute Gasteiger partial charge is 0.332 e.